The van der Waals surface area contributed by atoms with Gasteiger partial charge in [0.1, 0.15) is 55.4 Å². The highest BCUT2D eigenvalue weighted by molar-refractivity contribution is 5.70. The topological polar surface area (TPSA) is 231 Å². The van der Waals surface area contributed by atoms with Crippen LogP contribution in [0.25, 0.3) is 0 Å². The number of allylic oxidation sites excluding steroid dienone is 10. The molecule has 15 heteroatoms. The lowest BCUT2D eigenvalue weighted by atomic mass is 9.98. The Morgan fingerprint density at radius 3 is 1.58 bits per heavy atom. The van der Waals surface area contributed by atoms with Gasteiger partial charge in [-0.1, -0.05) is 126 Å². The molecule has 2 saturated heterocycles. The third-order valence-electron chi connectivity index (χ3n) is 10.5. The molecule has 0 aromatic heterocycles. The number of carbonyl (C=O) groups is 2. The number of rotatable bonds is 33. The fourth-order valence-corrected chi connectivity index (χ4v) is 6.72. The van der Waals surface area contributed by atoms with Crippen molar-refractivity contribution in [3.8, 4) is 0 Å². The lowest BCUT2D eigenvalue weighted by Crippen LogP contribution is -2.61. The van der Waals surface area contributed by atoms with Crippen molar-refractivity contribution in [3.63, 3.8) is 0 Å². The molecule has 11 atom stereocenters. The summed E-state index contributed by atoms with van der Waals surface area (Å²) >= 11 is 0. The molecule has 2 fully saturated rings. The molecule has 2 aliphatic heterocycles. The third kappa shape index (κ3) is 23.2. The van der Waals surface area contributed by atoms with Gasteiger partial charge in [-0.3, -0.25) is 9.59 Å². The Morgan fingerprint density at radius 2 is 1.02 bits per heavy atom. The van der Waals surface area contributed by atoms with E-state index < -0.39 is 99.3 Å². The molecular formula is C47H78O15. The van der Waals surface area contributed by atoms with E-state index in [1.165, 1.54) is 32.1 Å². The quantitative estimate of drug-likeness (QED) is 0.0263. The smallest absolute Gasteiger partial charge is 0.306 e. The Hall–Kier alpha value is -2.80. The zero-order valence-corrected chi connectivity index (χ0v) is 37.1. The summed E-state index contributed by atoms with van der Waals surface area (Å²) in [4.78, 5) is 25.5. The van der Waals surface area contributed by atoms with E-state index in [9.17, 15) is 45.3 Å². The van der Waals surface area contributed by atoms with Crippen LogP contribution in [0.3, 0.4) is 0 Å². The average Bonchev–Trinajstić information content (AvgIpc) is 3.26. The summed E-state index contributed by atoms with van der Waals surface area (Å²) in [5.74, 6) is -1.00. The lowest BCUT2D eigenvalue weighted by Gasteiger charge is -2.42. The van der Waals surface area contributed by atoms with Gasteiger partial charge in [-0.15, -0.1) is 0 Å². The first kappa shape index (κ1) is 55.3. The first-order valence-electron chi connectivity index (χ1n) is 22.9. The Balaban J connectivity index is 1.88. The largest absolute Gasteiger partial charge is 0.462 e. The van der Waals surface area contributed by atoms with E-state index in [0.717, 1.165) is 51.4 Å². The molecule has 0 amide bonds. The Bertz CT molecular complexity index is 1320. The number of aliphatic hydroxyl groups is 7. The minimum Gasteiger partial charge on any atom is -0.462 e. The van der Waals surface area contributed by atoms with E-state index >= 15 is 0 Å². The highest BCUT2D eigenvalue weighted by Crippen LogP contribution is 2.26. The molecule has 356 valence electrons. The van der Waals surface area contributed by atoms with E-state index in [0.29, 0.717) is 19.3 Å². The van der Waals surface area contributed by atoms with E-state index in [1.807, 2.05) is 12.2 Å². The van der Waals surface area contributed by atoms with Crippen LogP contribution in [-0.2, 0) is 38.0 Å². The summed E-state index contributed by atoms with van der Waals surface area (Å²) < 4.78 is 33.3. The Kier molecular flexibility index (Phi) is 30.9. The summed E-state index contributed by atoms with van der Waals surface area (Å²) in [7, 11) is 0. The van der Waals surface area contributed by atoms with Gasteiger partial charge in [0.25, 0.3) is 0 Å². The van der Waals surface area contributed by atoms with Crippen LogP contribution in [0.1, 0.15) is 129 Å². The maximum atomic E-state index is 12.9. The van der Waals surface area contributed by atoms with Crippen molar-refractivity contribution in [3.05, 3.63) is 60.8 Å². The molecule has 2 heterocycles. The van der Waals surface area contributed by atoms with E-state index in [1.54, 1.807) is 0 Å². The lowest BCUT2D eigenvalue weighted by molar-refractivity contribution is -0.332. The maximum absolute atomic E-state index is 12.9. The molecule has 4 unspecified atom stereocenters. The van der Waals surface area contributed by atoms with Gasteiger partial charge in [0.2, 0.25) is 0 Å². The van der Waals surface area contributed by atoms with Crippen molar-refractivity contribution in [2.75, 3.05) is 26.4 Å². The van der Waals surface area contributed by atoms with Crippen LogP contribution in [0.4, 0.5) is 0 Å². The molecule has 15 nitrogen and oxygen atoms in total. The molecule has 62 heavy (non-hydrogen) atoms. The van der Waals surface area contributed by atoms with Gasteiger partial charge in [-0.25, -0.2) is 0 Å². The summed E-state index contributed by atoms with van der Waals surface area (Å²) in [5, 5.41) is 71.8. The monoisotopic (exact) mass is 883 g/mol. The molecule has 0 aromatic carbocycles. The molecule has 2 rings (SSSR count). The van der Waals surface area contributed by atoms with Gasteiger partial charge < -0.3 is 64.2 Å². The van der Waals surface area contributed by atoms with Gasteiger partial charge >= 0.3 is 11.9 Å². The second-order valence-corrected chi connectivity index (χ2v) is 15.9. The molecule has 2 aliphatic rings. The van der Waals surface area contributed by atoms with Gasteiger partial charge in [-0.05, 0) is 51.4 Å². The van der Waals surface area contributed by atoms with Gasteiger partial charge in [0, 0.05) is 12.8 Å². The summed E-state index contributed by atoms with van der Waals surface area (Å²) in [6.45, 7) is 2.35. The number of ether oxygens (including phenoxy) is 6. The van der Waals surface area contributed by atoms with Crippen molar-refractivity contribution in [1.82, 2.24) is 0 Å². The maximum Gasteiger partial charge on any atom is 0.306 e. The average molecular weight is 883 g/mol. The number of carbonyl (C=O) groups excluding carboxylic acids is 2. The first-order chi connectivity index (χ1) is 30.0. The van der Waals surface area contributed by atoms with Gasteiger partial charge in [0.15, 0.2) is 18.7 Å². The third-order valence-corrected chi connectivity index (χ3v) is 10.5. The van der Waals surface area contributed by atoms with E-state index in [2.05, 4.69) is 62.5 Å². The normalized spacial score (nSPS) is 27.6. The van der Waals surface area contributed by atoms with Crippen LogP contribution >= 0.6 is 0 Å². The zero-order chi connectivity index (χ0) is 45.4. The minimum atomic E-state index is -1.77. The molecule has 0 aliphatic carbocycles. The fourth-order valence-electron chi connectivity index (χ4n) is 6.72. The molecule has 0 aromatic rings. The van der Waals surface area contributed by atoms with Crippen molar-refractivity contribution in [2.24, 2.45) is 0 Å². The van der Waals surface area contributed by atoms with Crippen LogP contribution < -0.4 is 0 Å². The SMILES string of the molecule is CC/C=C/C/C=C/C/C=C/C/C=C/C/C=C/CCCC(=O)O[C@H](COC(=O)CCCCCCCCCCC)CO[C@H]1O[C@@H](CO[C@H]2O[C@@H](CO)[C@@H](O)C(O)C2O)[C@@H](O)C(O)C1O. The number of unbranched alkanes of at least 4 members (excludes halogenated alkanes) is 9. The van der Waals surface area contributed by atoms with Crippen LogP contribution in [-0.4, -0.2) is 142 Å². The molecule has 0 spiro atoms. The highest BCUT2D eigenvalue weighted by atomic mass is 16.7. The van der Waals surface area contributed by atoms with Crippen molar-refractivity contribution < 1.29 is 73.8 Å². The minimum absolute atomic E-state index is 0.0853. The van der Waals surface area contributed by atoms with Crippen molar-refractivity contribution in [1.29, 1.82) is 0 Å². The number of hydrogen-bond acceptors (Lipinski definition) is 15. The van der Waals surface area contributed by atoms with Crippen LogP contribution in [0.5, 0.6) is 0 Å². The Labute approximate surface area is 369 Å². The molecule has 7 N–H and O–H groups in total. The molecule has 0 radical (unpaired) electrons. The van der Waals surface area contributed by atoms with Crippen molar-refractivity contribution >= 4 is 11.9 Å². The second-order valence-electron chi connectivity index (χ2n) is 15.9. The van der Waals surface area contributed by atoms with E-state index in [-0.39, 0.29) is 19.4 Å². The predicted octanol–water partition coefficient (Wildman–Crippen LogP) is 4.92. The summed E-state index contributed by atoms with van der Waals surface area (Å²) in [5.41, 5.74) is 0. The molecule has 0 bridgehead atoms. The first-order valence-corrected chi connectivity index (χ1v) is 22.9. The predicted molar refractivity (Wildman–Crippen MR) is 233 cm³/mol. The zero-order valence-electron chi connectivity index (χ0n) is 37.1. The van der Waals surface area contributed by atoms with Crippen molar-refractivity contribution in [2.45, 2.75) is 197 Å². The van der Waals surface area contributed by atoms with Crippen LogP contribution in [0, 0.1) is 0 Å². The summed E-state index contributed by atoms with van der Waals surface area (Å²) in [6.07, 6.45) is 20.0. The number of esters is 2. The van der Waals surface area contributed by atoms with Gasteiger partial charge in [0.05, 0.1) is 19.8 Å². The second kappa shape index (κ2) is 34.6. The Morgan fingerprint density at radius 1 is 0.532 bits per heavy atom. The molecular weight excluding hydrogens is 805 g/mol. The van der Waals surface area contributed by atoms with Crippen LogP contribution in [0.15, 0.2) is 60.8 Å². The summed E-state index contributed by atoms with van der Waals surface area (Å²) in [6, 6.07) is 0. The van der Waals surface area contributed by atoms with Gasteiger partial charge in [-0.2, -0.15) is 0 Å². The standard InChI is InChI=1S/C47H78O15/c1-3-5-7-9-11-13-14-15-16-17-18-19-20-22-24-26-28-30-39(50)60-35(32-57-38(49)29-27-25-23-21-12-10-8-6-4-2)33-58-46-45(56)43(54)41(52)37(62-46)34-59-47-44(55)42(53)40(51)36(31-48)61-47/h5,7,11,13,15-16,18-19,22,24,35-37,40-48,51-56H,3-4,6,8-10,12,14,17,20-21,23,25-34H2,1-2H3/b7-5+,13-11+,16-15+,19-18+,24-22+/t35-,36+,37+,40-,41-,42?,43?,44?,45?,46+,47+/m1/s1. The highest BCUT2D eigenvalue weighted by Gasteiger charge is 2.47. The van der Waals surface area contributed by atoms with Crippen LogP contribution in [0.2, 0.25) is 0 Å². The number of hydrogen-bond donors (Lipinski definition) is 7. The fraction of sp³-hybridized carbons (Fsp3) is 0.745. The number of aliphatic hydroxyl groups excluding tert-OH is 7. The molecule has 0 saturated carbocycles. The van der Waals surface area contributed by atoms with E-state index in [4.69, 9.17) is 28.4 Å².